The number of aromatic nitrogens is 2. The van der Waals surface area contributed by atoms with Gasteiger partial charge in [-0.3, -0.25) is 0 Å². The van der Waals surface area contributed by atoms with Crippen molar-refractivity contribution in [2.75, 3.05) is 0 Å². The zero-order valence-electron chi connectivity index (χ0n) is 8.56. The van der Waals surface area contributed by atoms with Crippen molar-refractivity contribution >= 4 is 15.9 Å². The molecule has 0 bridgehead atoms. The lowest BCUT2D eigenvalue weighted by Gasteiger charge is -2.18. The third-order valence-corrected chi connectivity index (χ3v) is 2.24. The first-order valence-corrected chi connectivity index (χ1v) is 5.26. The first-order valence-electron chi connectivity index (χ1n) is 4.47. The normalized spacial score (nSPS) is 11.8. The highest BCUT2D eigenvalue weighted by Crippen LogP contribution is 2.21. The van der Waals surface area contributed by atoms with Gasteiger partial charge in [-0.15, -0.1) is 0 Å². The quantitative estimate of drug-likeness (QED) is 0.708. The van der Waals surface area contributed by atoms with Crippen molar-refractivity contribution in [3.05, 3.63) is 22.2 Å². The van der Waals surface area contributed by atoms with Gasteiger partial charge in [-0.2, -0.15) is 0 Å². The van der Waals surface area contributed by atoms with E-state index in [4.69, 9.17) is 0 Å². The highest BCUT2D eigenvalue weighted by Gasteiger charge is 2.16. The van der Waals surface area contributed by atoms with Gasteiger partial charge in [0.15, 0.2) is 4.73 Å². The minimum Gasteiger partial charge on any atom is -0.227 e. The first-order chi connectivity index (χ1) is 5.93. The highest BCUT2D eigenvalue weighted by atomic mass is 79.9. The molecule has 1 aromatic rings. The van der Waals surface area contributed by atoms with Gasteiger partial charge >= 0.3 is 0 Å². The van der Waals surface area contributed by atoms with E-state index in [0.717, 1.165) is 17.8 Å². The second kappa shape index (κ2) is 3.74. The fraction of sp³-hybridized carbons (Fsp3) is 0.600. The monoisotopic (exact) mass is 242 g/mol. The molecule has 0 aliphatic carbocycles. The number of rotatable bonds is 1. The summed E-state index contributed by atoms with van der Waals surface area (Å²) in [6, 6.07) is 2.07. The second-order valence-electron chi connectivity index (χ2n) is 4.12. The van der Waals surface area contributed by atoms with Gasteiger partial charge < -0.3 is 0 Å². The highest BCUT2D eigenvalue weighted by molar-refractivity contribution is 9.10. The smallest absolute Gasteiger partial charge is 0.197 e. The van der Waals surface area contributed by atoms with Crippen LogP contribution in [0.15, 0.2) is 10.8 Å². The Morgan fingerprint density at radius 3 is 2.38 bits per heavy atom. The molecule has 0 aromatic carbocycles. The van der Waals surface area contributed by atoms with Crippen molar-refractivity contribution in [1.82, 2.24) is 9.97 Å². The van der Waals surface area contributed by atoms with Crippen molar-refractivity contribution in [2.45, 2.75) is 39.5 Å². The SMILES string of the molecule is CCc1cc(C(C)(C)C)nc(Br)n1. The average Bonchev–Trinajstić information content (AvgIpc) is 2.01. The molecule has 0 aliphatic rings. The fourth-order valence-corrected chi connectivity index (χ4v) is 1.45. The number of hydrogen-bond acceptors (Lipinski definition) is 2. The van der Waals surface area contributed by atoms with Crippen LogP contribution in [0.25, 0.3) is 0 Å². The van der Waals surface area contributed by atoms with Crippen LogP contribution < -0.4 is 0 Å². The topological polar surface area (TPSA) is 25.8 Å². The van der Waals surface area contributed by atoms with E-state index in [0.29, 0.717) is 4.73 Å². The van der Waals surface area contributed by atoms with Crippen LogP contribution in [-0.4, -0.2) is 9.97 Å². The summed E-state index contributed by atoms with van der Waals surface area (Å²) < 4.78 is 0.691. The third-order valence-electron chi connectivity index (χ3n) is 1.88. The van der Waals surface area contributed by atoms with Crippen LogP contribution in [0.5, 0.6) is 0 Å². The van der Waals surface area contributed by atoms with Gasteiger partial charge in [0.25, 0.3) is 0 Å². The molecule has 0 N–H and O–H groups in total. The number of hydrogen-bond donors (Lipinski definition) is 0. The molecule has 0 unspecified atom stereocenters. The molecule has 0 fully saturated rings. The van der Waals surface area contributed by atoms with Crippen LogP contribution >= 0.6 is 15.9 Å². The standard InChI is InChI=1S/C10H15BrN2/c1-5-7-6-8(10(2,3)4)13-9(11)12-7/h6H,5H2,1-4H3. The van der Waals surface area contributed by atoms with Crippen LogP contribution in [-0.2, 0) is 11.8 Å². The molecule has 0 saturated heterocycles. The van der Waals surface area contributed by atoms with Gasteiger partial charge in [0, 0.05) is 11.1 Å². The van der Waals surface area contributed by atoms with Gasteiger partial charge in [-0.1, -0.05) is 27.7 Å². The Morgan fingerprint density at radius 1 is 1.31 bits per heavy atom. The Hall–Kier alpha value is -0.440. The molecule has 0 radical (unpaired) electrons. The van der Waals surface area contributed by atoms with Crippen LogP contribution in [0.2, 0.25) is 0 Å². The molecule has 0 amide bonds. The second-order valence-corrected chi connectivity index (χ2v) is 4.83. The van der Waals surface area contributed by atoms with E-state index in [1.165, 1.54) is 0 Å². The van der Waals surface area contributed by atoms with E-state index >= 15 is 0 Å². The molecule has 2 nitrogen and oxygen atoms in total. The van der Waals surface area contributed by atoms with E-state index in [2.05, 4.69) is 59.7 Å². The van der Waals surface area contributed by atoms with Gasteiger partial charge in [0.05, 0.1) is 5.69 Å². The summed E-state index contributed by atoms with van der Waals surface area (Å²) in [5, 5.41) is 0. The van der Waals surface area contributed by atoms with E-state index in [9.17, 15) is 0 Å². The minimum atomic E-state index is 0.0926. The molecule has 13 heavy (non-hydrogen) atoms. The van der Waals surface area contributed by atoms with E-state index < -0.39 is 0 Å². The Balaban J connectivity index is 3.16. The molecule has 1 heterocycles. The van der Waals surface area contributed by atoms with Crippen molar-refractivity contribution in [2.24, 2.45) is 0 Å². The molecule has 1 aromatic heterocycles. The summed E-state index contributed by atoms with van der Waals surface area (Å²) in [4.78, 5) is 8.63. The summed E-state index contributed by atoms with van der Waals surface area (Å²) >= 11 is 3.32. The van der Waals surface area contributed by atoms with Gasteiger partial charge in [-0.25, -0.2) is 9.97 Å². The molecule has 0 atom stereocenters. The minimum absolute atomic E-state index is 0.0926. The van der Waals surface area contributed by atoms with Gasteiger partial charge in [0.2, 0.25) is 0 Å². The number of aryl methyl sites for hydroxylation is 1. The maximum absolute atomic E-state index is 4.36. The lowest BCUT2D eigenvalue weighted by molar-refractivity contribution is 0.563. The average molecular weight is 243 g/mol. The lowest BCUT2D eigenvalue weighted by Crippen LogP contribution is -2.14. The van der Waals surface area contributed by atoms with Crippen molar-refractivity contribution in [3.63, 3.8) is 0 Å². The Kier molecular flexibility index (Phi) is 3.06. The Morgan fingerprint density at radius 2 is 1.92 bits per heavy atom. The largest absolute Gasteiger partial charge is 0.227 e. The zero-order chi connectivity index (χ0) is 10.1. The molecule has 1 rings (SSSR count). The maximum atomic E-state index is 4.36. The summed E-state index contributed by atoms with van der Waals surface area (Å²) in [7, 11) is 0. The van der Waals surface area contributed by atoms with Crippen LogP contribution in [0.1, 0.15) is 39.1 Å². The molecule has 0 aliphatic heterocycles. The van der Waals surface area contributed by atoms with Crippen molar-refractivity contribution in [3.8, 4) is 0 Å². The first kappa shape index (κ1) is 10.6. The summed E-state index contributed by atoms with van der Waals surface area (Å²) in [5.74, 6) is 0. The van der Waals surface area contributed by atoms with Crippen LogP contribution in [0, 0.1) is 0 Å². The maximum Gasteiger partial charge on any atom is 0.197 e. The van der Waals surface area contributed by atoms with Gasteiger partial charge in [-0.05, 0) is 28.4 Å². The van der Waals surface area contributed by atoms with E-state index in [-0.39, 0.29) is 5.41 Å². The Bertz CT molecular complexity index is 302. The van der Waals surface area contributed by atoms with Crippen molar-refractivity contribution < 1.29 is 0 Å². The van der Waals surface area contributed by atoms with Crippen molar-refractivity contribution in [1.29, 1.82) is 0 Å². The van der Waals surface area contributed by atoms with E-state index in [1.54, 1.807) is 0 Å². The molecule has 3 heteroatoms. The van der Waals surface area contributed by atoms with Crippen LogP contribution in [0.3, 0.4) is 0 Å². The number of nitrogens with zero attached hydrogens (tertiary/aromatic N) is 2. The molecule has 0 spiro atoms. The molecular formula is C10H15BrN2. The molecule has 0 saturated carbocycles. The summed E-state index contributed by atoms with van der Waals surface area (Å²) in [5.41, 5.74) is 2.27. The summed E-state index contributed by atoms with van der Waals surface area (Å²) in [6.07, 6.45) is 0.949. The Labute approximate surface area is 87.9 Å². The zero-order valence-corrected chi connectivity index (χ0v) is 10.1. The van der Waals surface area contributed by atoms with E-state index in [1.807, 2.05) is 0 Å². The third kappa shape index (κ3) is 2.76. The van der Waals surface area contributed by atoms with Gasteiger partial charge in [0.1, 0.15) is 0 Å². The number of halogens is 1. The molecule has 72 valence electrons. The predicted molar refractivity (Wildman–Crippen MR) is 57.8 cm³/mol. The summed E-state index contributed by atoms with van der Waals surface area (Å²) in [6.45, 7) is 8.56. The predicted octanol–water partition coefficient (Wildman–Crippen LogP) is 3.10. The fourth-order valence-electron chi connectivity index (χ4n) is 1.03. The van der Waals surface area contributed by atoms with Crippen LogP contribution in [0.4, 0.5) is 0 Å². The lowest BCUT2D eigenvalue weighted by atomic mass is 9.91. The molecular weight excluding hydrogens is 228 g/mol.